The Bertz CT molecular complexity index is 182. The minimum atomic E-state index is -2.63. The fourth-order valence-electron chi connectivity index (χ4n) is 1.25. The van der Waals surface area contributed by atoms with Crippen LogP contribution in [0.25, 0.3) is 0 Å². The van der Waals surface area contributed by atoms with Crippen molar-refractivity contribution in [3.8, 4) is 0 Å². The second-order valence-corrected chi connectivity index (χ2v) is 5.09. The van der Waals surface area contributed by atoms with E-state index in [1.165, 1.54) is 0 Å². The third-order valence-electron chi connectivity index (χ3n) is 1.69. The van der Waals surface area contributed by atoms with Gasteiger partial charge < -0.3 is 0 Å². The average molecular weight is 178 g/mol. The van der Waals surface area contributed by atoms with Gasteiger partial charge in [0.2, 0.25) is 0 Å². The highest BCUT2D eigenvalue weighted by molar-refractivity contribution is 7.91. The van der Waals surface area contributed by atoms with Crippen molar-refractivity contribution in [2.45, 2.75) is 33.6 Å². The molecular formula is C8H18O2S. The molecule has 0 aliphatic carbocycles. The molecule has 1 fully saturated rings. The molecule has 0 N–H and O–H groups in total. The first kappa shape index (κ1) is 11.0. The Hall–Kier alpha value is -0.0500. The summed E-state index contributed by atoms with van der Waals surface area (Å²) in [5, 5.41) is 0. The lowest BCUT2D eigenvalue weighted by atomic mass is 10.1. The summed E-state index contributed by atoms with van der Waals surface area (Å²) in [4.78, 5) is 0. The van der Waals surface area contributed by atoms with Crippen LogP contribution in [-0.4, -0.2) is 19.9 Å². The van der Waals surface area contributed by atoms with Crippen molar-refractivity contribution in [1.82, 2.24) is 0 Å². The third kappa shape index (κ3) is 4.40. The van der Waals surface area contributed by atoms with Crippen molar-refractivity contribution in [1.29, 1.82) is 0 Å². The van der Waals surface area contributed by atoms with E-state index < -0.39 is 9.84 Å². The van der Waals surface area contributed by atoms with Crippen LogP contribution in [0, 0.1) is 5.92 Å². The molecule has 1 rings (SSSR count). The molecule has 0 bridgehead atoms. The molecule has 0 saturated carbocycles. The molecule has 1 atom stereocenters. The second-order valence-electron chi connectivity index (χ2n) is 2.86. The van der Waals surface area contributed by atoms with Crippen LogP contribution >= 0.6 is 0 Å². The number of hydrogen-bond donors (Lipinski definition) is 0. The summed E-state index contributed by atoms with van der Waals surface area (Å²) >= 11 is 0. The van der Waals surface area contributed by atoms with Crippen LogP contribution in [0.3, 0.4) is 0 Å². The average Bonchev–Trinajstić information content (AvgIpc) is 1.89. The standard InChI is InChI=1S/C6H12O2S.C2H6/c1-6-3-2-4-9(7,8)5-6;1-2/h6H,2-5H2,1H3;1-2H3. The third-order valence-corrected chi connectivity index (χ3v) is 3.68. The Kier molecular flexibility index (Phi) is 4.73. The minimum Gasteiger partial charge on any atom is -0.229 e. The summed E-state index contributed by atoms with van der Waals surface area (Å²) in [5.41, 5.74) is 0. The van der Waals surface area contributed by atoms with Gasteiger partial charge in [-0.2, -0.15) is 0 Å². The van der Waals surface area contributed by atoms with E-state index in [0.29, 0.717) is 17.4 Å². The maximum atomic E-state index is 10.9. The van der Waals surface area contributed by atoms with Gasteiger partial charge in [0.15, 0.2) is 9.84 Å². The van der Waals surface area contributed by atoms with Crippen molar-refractivity contribution in [2.24, 2.45) is 5.92 Å². The van der Waals surface area contributed by atoms with E-state index in [2.05, 4.69) is 0 Å². The lowest BCUT2D eigenvalue weighted by Crippen LogP contribution is -2.22. The van der Waals surface area contributed by atoms with E-state index in [4.69, 9.17) is 0 Å². The maximum Gasteiger partial charge on any atom is 0.150 e. The van der Waals surface area contributed by atoms with Gasteiger partial charge in [-0.1, -0.05) is 20.8 Å². The SMILES string of the molecule is CC.CC1CCCS(=O)(=O)C1. The van der Waals surface area contributed by atoms with E-state index in [-0.39, 0.29) is 0 Å². The van der Waals surface area contributed by atoms with Crippen molar-refractivity contribution in [3.63, 3.8) is 0 Å². The van der Waals surface area contributed by atoms with Crippen LogP contribution < -0.4 is 0 Å². The predicted molar refractivity (Wildman–Crippen MR) is 48.4 cm³/mol. The van der Waals surface area contributed by atoms with E-state index >= 15 is 0 Å². The Morgan fingerprint density at radius 2 is 1.82 bits per heavy atom. The smallest absolute Gasteiger partial charge is 0.150 e. The van der Waals surface area contributed by atoms with Crippen molar-refractivity contribution in [3.05, 3.63) is 0 Å². The molecule has 1 aliphatic heterocycles. The van der Waals surface area contributed by atoms with Gasteiger partial charge in [0.25, 0.3) is 0 Å². The quantitative estimate of drug-likeness (QED) is 0.567. The van der Waals surface area contributed by atoms with Crippen molar-refractivity contribution in [2.75, 3.05) is 11.5 Å². The van der Waals surface area contributed by atoms with Crippen LogP contribution in [0.15, 0.2) is 0 Å². The van der Waals surface area contributed by atoms with E-state index in [1.807, 2.05) is 20.8 Å². The second kappa shape index (κ2) is 4.75. The summed E-state index contributed by atoms with van der Waals surface area (Å²) < 4.78 is 21.7. The number of rotatable bonds is 0. The molecule has 1 heterocycles. The molecule has 0 amide bonds. The van der Waals surface area contributed by atoms with Gasteiger partial charge in [0.05, 0.1) is 11.5 Å². The van der Waals surface area contributed by atoms with Gasteiger partial charge in [-0.05, 0) is 18.8 Å². The molecular weight excluding hydrogens is 160 g/mol. The molecule has 68 valence electrons. The maximum absolute atomic E-state index is 10.9. The normalized spacial score (nSPS) is 28.5. The van der Waals surface area contributed by atoms with E-state index in [1.54, 1.807) is 0 Å². The summed E-state index contributed by atoms with van der Waals surface area (Å²) in [5.74, 6) is 1.22. The molecule has 0 aromatic rings. The summed E-state index contributed by atoms with van der Waals surface area (Å²) in [7, 11) is -2.63. The molecule has 1 aliphatic rings. The largest absolute Gasteiger partial charge is 0.229 e. The zero-order valence-corrected chi connectivity index (χ0v) is 8.45. The Labute approximate surface area is 69.9 Å². The molecule has 2 nitrogen and oxygen atoms in total. The fourth-order valence-corrected chi connectivity index (χ4v) is 3.06. The predicted octanol–water partition coefficient (Wildman–Crippen LogP) is 1.86. The Morgan fingerprint density at radius 1 is 1.27 bits per heavy atom. The fraction of sp³-hybridized carbons (Fsp3) is 1.00. The van der Waals surface area contributed by atoms with Gasteiger partial charge in [-0.25, -0.2) is 8.42 Å². The molecule has 11 heavy (non-hydrogen) atoms. The van der Waals surface area contributed by atoms with Crippen molar-refractivity contribution >= 4 is 9.84 Å². The molecule has 0 aromatic heterocycles. The zero-order valence-electron chi connectivity index (χ0n) is 7.63. The molecule has 3 heteroatoms. The lowest BCUT2D eigenvalue weighted by molar-refractivity contribution is 0.516. The molecule has 0 aromatic carbocycles. The molecule has 1 unspecified atom stereocenters. The summed E-state index contributed by atoms with van der Waals surface area (Å²) in [6, 6.07) is 0. The first-order valence-corrected chi connectivity index (χ1v) is 6.13. The van der Waals surface area contributed by atoms with E-state index in [0.717, 1.165) is 12.8 Å². The van der Waals surface area contributed by atoms with Crippen LogP contribution in [-0.2, 0) is 9.84 Å². The van der Waals surface area contributed by atoms with Crippen LogP contribution in [0.1, 0.15) is 33.6 Å². The van der Waals surface area contributed by atoms with Crippen molar-refractivity contribution < 1.29 is 8.42 Å². The Morgan fingerprint density at radius 3 is 2.09 bits per heavy atom. The molecule has 0 spiro atoms. The van der Waals surface area contributed by atoms with Gasteiger partial charge >= 0.3 is 0 Å². The van der Waals surface area contributed by atoms with Gasteiger partial charge in [-0.3, -0.25) is 0 Å². The minimum absolute atomic E-state index is 0.392. The monoisotopic (exact) mass is 178 g/mol. The highest BCUT2D eigenvalue weighted by Crippen LogP contribution is 2.16. The van der Waals surface area contributed by atoms with Gasteiger partial charge in [-0.15, -0.1) is 0 Å². The molecule has 1 saturated heterocycles. The highest BCUT2D eigenvalue weighted by atomic mass is 32.2. The highest BCUT2D eigenvalue weighted by Gasteiger charge is 2.20. The van der Waals surface area contributed by atoms with E-state index in [9.17, 15) is 8.42 Å². The van der Waals surface area contributed by atoms with Gasteiger partial charge in [0, 0.05) is 0 Å². The van der Waals surface area contributed by atoms with Crippen LogP contribution in [0.2, 0.25) is 0 Å². The van der Waals surface area contributed by atoms with Gasteiger partial charge in [0.1, 0.15) is 0 Å². The first-order valence-electron chi connectivity index (χ1n) is 4.30. The molecule has 0 radical (unpaired) electrons. The van der Waals surface area contributed by atoms with Crippen LogP contribution in [0.4, 0.5) is 0 Å². The topological polar surface area (TPSA) is 34.1 Å². The Balaban J connectivity index is 0.000000461. The van der Waals surface area contributed by atoms with Crippen LogP contribution in [0.5, 0.6) is 0 Å². The summed E-state index contributed by atoms with van der Waals surface area (Å²) in [6.45, 7) is 6.00. The first-order chi connectivity index (χ1) is 5.10. The zero-order chi connectivity index (χ0) is 8.91. The number of hydrogen-bond acceptors (Lipinski definition) is 2. The lowest BCUT2D eigenvalue weighted by Gasteiger charge is -2.16. The summed E-state index contributed by atoms with van der Waals surface area (Å²) in [6.07, 6.45) is 1.95. The number of sulfone groups is 1.